The predicted octanol–water partition coefficient (Wildman–Crippen LogP) is 2.74. The van der Waals surface area contributed by atoms with E-state index < -0.39 is 20.8 Å². The summed E-state index contributed by atoms with van der Waals surface area (Å²) in [6, 6.07) is 9.78. The molecule has 0 bridgehead atoms. The number of nitro benzene ring substituents is 1. The van der Waals surface area contributed by atoms with E-state index in [2.05, 4.69) is 17.2 Å². The monoisotopic (exact) mass is 361 g/mol. The Morgan fingerprint density at radius 3 is 2.08 bits per heavy atom. The molecular formula is C16H15N3O5S. The molecule has 0 saturated heterocycles. The topological polar surface area (TPSA) is 118 Å². The average Bonchev–Trinajstić information content (AvgIpc) is 2.60. The molecule has 0 aliphatic carbocycles. The van der Waals surface area contributed by atoms with Crippen molar-refractivity contribution in [2.24, 2.45) is 0 Å². The fourth-order valence-corrected chi connectivity index (χ4v) is 3.20. The Kier molecular flexibility index (Phi) is 5.50. The fourth-order valence-electron chi connectivity index (χ4n) is 1.94. The smallest absolute Gasteiger partial charge is 0.319 e. The van der Waals surface area contributed by atoms with Crippen LogP contribution in [0.3, 0.4) is 0 Å². The van der Waals surface area contributed by atoms with Crippen molar-refractivity contribution in [3.8, 4) is 0 Å². The van der Waals surface area contributed by atoms with Crippen LogP contribution in [0.5, 0.6) is 0 Å². The second-order valence-corrected chi connectivity index (χ2v) is 6.85. The van der Waals surface area contributed by atoms with Crippen LogP contribution in [0.2, 0.25) is 0 Å². The van der Waals surface area contributed by atoms with Crippen molar-refractivity contribution in [1.82, 2.24) is 5.32 Å². The van der Waals surface area contributed by atoms with E-state index in [1.165, 1.54) is 42.5 Å². The third kappa shape index (κ3) is 4.42. The van der Waals surface area contributed by atoms with Gasteiger partial charge in [0.05, 0.1) is 14.7 Å². The zero-order valence-corrected chi connectivity index (χ0v) is 13.8. The number of amides is 2. The molecule has 0 aliphatic heterocycles. The van der Waals surface area contributed by atoms with E-state index in [0.717, 1.165) is 12.1 Å². The molecule has 2 N–H and O–H groups in total. The van der Waals surface area contributed by atoms with Crippen LogP contribution in [0.25, 0.3) is 0 Å². The normalized spacial score (nSPS) is 10.7. The van der Waals surface area contributed by atoms with Crippen LogP contribution in [-0.2, 0) is 9.84 Å². The van der Waals surface area contributed by atoms with Crippen molar-refractivity contribution in [2.45, 2.75) is 9.79 Å². The minimum atomic E-state index is -3.81. The van der Waals surface area contributed by atoms with Crippen molar-refractivity contribution in [3.05, 3.63) is 71.3 Å². The molecule has 2 rings (SSSR count). The van der Waals surface area contributed by atoms with E-state index in [4.69, 9.17) is 0 Å². The zero-order valence-electron chi connectivity index (χ0n) is 13.0. The molecule has 9 heteroatoms. The highest BCUT2D eigenvalue weighted by atomic mass is 32.2. The lowest BCUT2D eigenvalue weighted by atomic mass is 10.3. The van der Waals surface area contributed by atoms with Crippen LogP contribution in [0.1, 0.15) is 0 Å². The summed E-state index contributed by atoms with van der Waals surface area (Å²) in [5.41, 5.74) is 0.230. The van der Waals surface area contributed by atoms with Crippen LogP contribution in [0, 0.1) is 10.1 Å². The van der Waals surface area contributed by atoms with Gasteiger partial charge < -0.3 is 10.6 Å². The Balaban J connectivity index is 2.18. The first kappa shape index (κ1) is 18.1. The molecule has 0 fully saturated rings. The second-order valence-electron chi connectivity index (χ2n) is 4.90. The number of benzene rings is 2. The number of nitrogens with one attached hydrogen (secondary N) is 2. The number of rotatable bonds is 6. The van der Waals surface area contributed by atoms with Gasteiger partial charge in [-0.05, 0) is 36.4 Å². The summed E-state index contributed by atoms with van der Waals surface area (Å²) in [5, 5.41) is 15.7. The number of carbonyl (C=O) groups is 1. The van der Waals surface area contributed by atoms with E-state index in [1.54, 1.807) is 0 Å². The largest absolute Gasteiger partial charge is 0.334 e. The van der Waals surface area contributed by atoms with Crippen LogP contribution in [-0.4, -0.2) is 25.9 Å². The SMILES string of the molecule is C=CCNC(=O)Nc1ccc(S(=O)(=O)c2ccc([N+](=O)[O-])cc2)cc1. The Morgan fingerprint density at radius 2 is 1.60 bits per heavy atom. The van der Waals surface area contributed by atoms with Gasteiger partial charge in [-0.25, -0.2) is 13.2 Å². The van der Waals surface area contributed by atoms with Crippen molar-refractivity contribution >= 4 is 27.2 Å². The van der Waals surface area contributed by atoms with Gasteiger partial charge in [0.25, 0.3) is 5.69 Å². The lowest BCUT2D eigenvalue weighted by molar-refractivity contribution is -0.384. The first-order valence-electron chi connectivity index (χ1n) is 7.10. The highest BCUT2D eigenvalue weighted by Gasteiger charge is 2.18. The van der Waals surface area contributed by atoms with Crippen LogP contribution < -0.4 is 10.6 Å². The summed E-state index contributed by atoms with van der Waals surface area (Å²) in [6.07, 6.45) is 1.53. The standard InChI is InChI=1S/C16H15N3O5S/c1-2-11-17-16(20)18-12-3-7-14(8-4-12)25(23,24)15-9-5-13(6-10-15)19(21)22/h2-10H,1,11H2,(H2,17,18,20). The van der Waals surface area contributed by atoms with Crippen molar-refractivity contribution in [3.63, 3.8) is 0 Å². The second kappa shape index (κ2) is 7.58. The lowest BCUT2D eigenvalue weighted by Gasteiger charge is -2.08. The van der Waals surface area contributed by atoms with Crippen molar-refractivity contribution < 1.29 is 18.1 Å². The molecule has 0 spiro atoms. The molecular weight excluding hydrogens is 346 g/mol. The number of hydrogen-bond donors (Lipinski definition) is 2. The van der Waals surface area contributed by atoms with Gasteiger partial charge in [0, 0.05) is 24.4 Å². The van der Waals surface area contributed by atoms with E-state index in [-0.39, 0.29) is 15.5 Å². The highest BCUT2D eigenvalue weighted by molar-refractivity contribution is 7.91. The van der Waals surface area contributed by atoms with Crippen LogP contribution in [0.15, 0.2) is 71.0 Å². The van der Waals surface area contributed by atoms with E-state index >= 15 is 0 Å². The number of sulfone groups is 1. The molecule has 2 amide bonds. The number of nitro groups is 1. The van der Waals surface area contributed by atoms with Crippen molar-refractivity contribution in [1.29, 1.82) is 0 Å². The summed E-state index contributed by atoms with van der Waals surface area (Å²) < 4.78 is 25.0. The fraction of sp³-hybridized carbons (Fsp3) is 0.0625. The summed E-state index contributed by atoms with van der Waals surface area (Å²) >= 11 is 0. The number of urea groups is 1. The molecule has 0 saturated carbocycles. The molecule has 2 aromatic carbocycles. The minimum Gasteiger partial charge on any atom is -0.334 e. The maximum absolute atomic E-state index is 12.5. The van der Waals surface area contributed by atoms with E-state index in [0.29, 0.717) is 12.2 Å². The Bertz CT molecular complexity index is 890. The van der Waals surface area contributed by atoms with E-state index in [1.807, 2.05) is 0 Å². The van der Waals surface area contributed by atoms with Crippen LogP contribution >= 0.6 is 0 Å². The minimum absolute atomic E-state index is 0.0124. The summed E-state index contributed by atoms with van der Waals surface area (Å²) in [7, 11) is -3.81. The summed E-state index contributed by atoms with van der Waals surface area (Å²) in [5.74, 6) is 0. The number of hydrogen-bond acceptors (Lipinski definition) is 5. The summed E-state index contributed by atoms with van der Waals surface area (Å²) in [6.45, 7) is 3.78. The number of nitrogens with zero attached hydrogens (tertiary/aromatic N) is 1. The molecule has 0 aromatic heterocycles. The summed E-state index contributed by atoms with van der Waals surface area (Å²) in [4.78, 5) is 21.5. The molecule has 0 atom stereocenters. The van der Waals surface area contributed by atoms with Gasteiger partial charge in [-0.1, -0.05) is 6.08 Å². The van der Waals surface area contributed by atoms with E-state index in [9.17, 15) is 23.3 Å². The third-order valence-corrected chi connectivity index (χ3v) is 4.97. The first-order chi connectivity index (χ1) is 11.8. The highest BCUT2D eigenvalue weighted by Crippen LogP contribution is 2.24. The maximum Gasteiger partial charge on any atom is 0.319 e. The Morgan fingerprint density at radius 1 is 1.08 bits per heavy atom. The van der Waals surface area contributed by atoms with Gasteiger partial charge in [-0.2, -0.15) is 0 Å². The molecule has 0 radical (unpaired) electrons. The zero-order chi connectivity index (χ0) is 18.4. The first-order valence-corrected chi connectivity index (χ1v) is 8.58. The number of anilines is 1. The molecule has 25 heavy (non-hydrogen) atoms. The van der Waals surface area contributed by atoms with Gasteiger partial charge in [-0.15, -0.1) is 6.58 Å². The molecule has 130 valence electrons. The molecule has 0 unspecified atom stereocenters. The predicted molar refractivity (Wildman–Crippen MR) is 92.2 cm³/mol. The van der Waals surface area contributed by atoms with Crippen molar-refractivity contribution in [2.75, 3.05) is 11.9 Å². The Hall–Kier alpha value is -3.20. The number of carbonyl (C=O) groups excluding carboxylic acids is 1. The Labute approximate surface area is 144 Å². The molecule has 0 heterocycles. The quantitative estimate of drug-likeness (QED) is 0.466. The van der Waals surface area contributed by atoms with Gasteiger partial charge in [-0.3, -0.25) is 10.1 Å². The third-order valence-electron chi connectivity index (χ3n) is 3.19. The molecule has 8 nitrogen and oxygen atoms in total. The number of non-ortho nitro benzene ring substituents is 1. The lowest BCUT2D eigenvalue weighted by Crippen LogP contribution is -2.28. The average molecular weight is 361 g/mol. The molecule has 2 aromatic rings. The van der Waals surface area contributed by atoms with Gasteiger partial charge in [0.15, 0.2) is 0 Å². The van der Waals surface area contributed by atoms with Gasteiger partial charge in [0.1, 0.15) is 0 Å². The van der Waals surface area contributed by atoms with Crippen LogP contribution in [0.4, 0.5) is 16.2 Å². The van der Waals surface area contributed by atoms with Gasteiger partial charge in [0.2, 0.25) is 9.84 Å². The molecule has 0 aliphatic rings. The maximum atomic E-state index is 12.5. The van der Waals surface area contributed by atoms with Gasteiger partial charge >= 0.3 is 6.03 Å².